The van der Waals surface area contributed by atoms with Crippen molar-refractivity contribution in [3.8, 4) is 0 Å². The Labute approximate surface area is 85.7 Å². The molecule has 0 heterocycles. The molecule has 4 nitrogen and oxygen atoms in total. The second-order valence-corrected chi connectivity index (χ2v) is 3.65. The standard InChI is InChI=1S/C5H8O4S3/c6-1-2(7)4(10)9-3(8)5(11)12/h2,5-7,11-12H,1H2. The van der Waals surface area contributed by atoms with Crippen LogP contribution in [0.1, 0.15) is 0 Å². The van der Waals surface area contributed by atoms with E-state index < -0.39 is 23.3 Å². The second kappa shape index (κ2) is 5.76. The van der Waals surface area contributed by atoms with Gasteiger partial charge in [-0.25, -0.2) is 4.79 Å². The van der Waals surface area contributed by atoms with Crippen molar-refractivity contribution in [2.24, 2.45) is 0 Å². The van der Waals surface area contributed by atoms with Crippen LogP contribution in [0.3, 0.4) is 0 Å². The lowest BCUT2D eigenvalue weighted by Crippen LogP contribution is -2.29. The van der Waals surface area contributed by atoms with Crippen LogP contribution in [0.2, 0.25) is 0 Å². The van der Waals surface area contributed by atoms with E-state index in [-0.39, 0.29) is 5.05 Å². The fourth-order valence-corrected chi connectivity index (χ4v) is 0.556. The Hall–Kier alpha value is 0.180. The van der Waals surface area contributed by atoms with Gasteiger partial charge >= 0.3 is 5.97 Å². The second-order valence-electron chi connectivity index (χ2n) is 1.81. The SMILES string of the molecule is O=C(OC(=S)C(O)CO)C(S)S. The predicted octanol–water partition coefficient (Wildman–Crippen LogP) is -0.604. The lowest BCUT2D eigenvalue weighted by atomic mass is 10.4. The van der Waals surface area contributed by atoms with Crippen LogP contribution in [0.15, 0.2) is 0 Å². The minimum absolute atomic E-state index is 0.379. The number of carbonyl (C=O) groups is 1. The van der Waals surface area contributed by atoms with E-state index in [0.717, 1.165) is 0 Å². The van der Waals surface area contributed by atoms with Crippen LogP contribution in [0.4, 0.5) is 0 Å². The van der Waals surface area contributed by atoms with Gasteiger partial charge in [-0.3, -0.25) is 0 Å². The van der Waals surface area contributed by atoms with Crippen LogP contribution in [0, 0.1) is 0 Å². The van der Waals surface area contributed by atoms with Crippen LogP contribution in [-0.4, -0.2) is 38.5 Å². The van der Waals surface area contributed by atoms with Crippen LogP contribution in [-0.2, 0) is 9.53 Å². The number of carbonyl (C=O) groups excluding carboxylic acids is 1. The lowest BCUT2D eigenvalue weighted by Gasteiger charge is -2.09. The molecule has 0 saturated heterocycles. The fourth-order valence-electron chi connectivity index (χ4n) is 0.294. The molecule has 0 amide bonds. The van der Waals surface area contributed by atoms with E-state index >= 15 is 0 Å². The van der Waals surface area contributed by atoms with Crippen molar-refractivity contribution in [3.05, 3.63) is 0 Å². The van der Waals surface area contributed by atoms with Gasteiger partial charge in [-0.15, -0.1) is 0 Å². The molecular weight excluding hydrogens is 220 g/mol. The molecule has 0 spiro atoms. The van der Waals surface area contributed by atoms with Gasteiger partial charge in [0.25, 0.3) is 0 Å². The van der Waals surface area contributed by atoms with Crippen molar-refractivity contribution in [2.45, 2.75) is 10.7 Å². The number of hydrogen-bond donors (Lipinski definition) is 4. The summed E-state index contributed by atoms with van der Waals surface area (Å²) in [6.45, 7) is -0.587. The Morgan fingerprint density at radius 1 is 1.58 bits per heavy atom. The fraction of sp³-hybridized carbons (Fsp3) is 0.600. The molecule has 0 aromatic heterocycles. The maximum atomic E-state index is 10.7. The maximum Gasteiger partial charge on any atom is 0.334 e. The molecule has 70 valence electrons. The highest BCUT2D eigenvalue weighted by Gasteiger charge is 2.17. The summed E-state index contributed by atoms with van der Waals surface area (Å²) in [4.78, 5) is 10.7. The number of aliphatic hydroxyl groups excluding tert-OH is 2. The van der Waals surface area contributed by atoms with E-state index in [9.17, 15) is 4.79 Å². The van der Waals surface area contributed by atoms with Gasteiger partial charge in [0, 0.05) is 0 Å². The van der Waals surface area contributed by atoms with Crippen molar-refractivity contribution in [3.63, 3.8) is 0 Å². The minimum atomic E-state index is -1.33. The Balaban J connectivity index is 3.93. The number of thiol groups is 2. The van der Waals surface area contributed by atoms with E-state index in [4.69, 9.17) is 10.2 Å². The van der Waals surface area contributed by atoms with E-state index in [2.05, 4.69) is 42.2 Å². The molecule has 0 bridgehead atoms. The Kier molecular flexibility index (Phi) is 5.85. The third-order valence-electron chi connectivity index (χ3n) is 0.857. The van der Waals surface area contributed by atoms with Crippen LogP contribution < -0.4 is 0 Å². The third-order valence-corrected chi connectivity index (χ3v) is 1.63. The zero-order chi connectivity index (χ0) is 9.72. The van der Waals surface area contributed by atoms with Crippen molar-refractivity contribution in [1.29, 1.82) is 0 Å². The Morgan fingerprint density at radius 3 is 2.42 bits per heavy atom. The average Bonchev–Trinajstić information content (AvgIpc) is 2.02. The first-order chi connectivity index (χ1) is 5.49. The first-order valence-electron chi connectivity index (χ1n) is 2.89. The van der Waals surface area contributed by atoms with E-state index in [0.29, 0.717) is 0 Å². The monoisotopic (exact) mass is 228 g/mol. The molecule has 0 aliphatic heterocycles. The first kappa shape index (κ1) is 12.2. The molecule has 0 aliphatic carbocycles. The van der Waals surface area contributed by atoms with Crippen molar-refractivity contribution in [2.75, 3.05) is 6.61 Å². The third kappa shape index (κ3) is 4.27. The predicted molar refractivity (Wildman–Crippen MR) is 53.5 cm³/mol. The molecule has 2 N–H and O–H groups in total. The number of rotatable bonds is 3. The highest BCUT2D eigenvalue weighted by atomic mass is 32.2. The minimum Gasteiger partial charge on any atom is -0.415 e. The highest BCUT2D eigenvalue weighted by Crippen LogP contribution is 2.04. The summed E-state index contributed by atoms with van der Waals surface area (Å²) in [6, 6.07) is 0. The normalized spacial score (nSPS) is 12.8. The average molecular weight is 228 g/mol. The molecular formula is C5H8O4S3. The topological polar surface area (TPSA) is 66.8 Å². The quantitative estimate of drug-likeness (QED) is 0.225. The van der Waals surface area contributed by atoms with Gasteiger partial charge in [0.15, 0.2) is 0 Å². The van der Waals surface area contributed by atoms with Gasteiger partial charge in [0.05, 0.1) is 6.61 Å². The molecule has 12 heavy (non-hydrogen) atoms. The summed E-state index contributed by atoms with van der Waals surface area (Å²) in [5.74, 6) is -0.779. The molecule has 0 rings (SSSR count). The largest absolute Gasteiger partial charge is 0.415 e. The van der Waals surface area contributed by atoms with Crippen LogP contribution in [0.25, 0.3) is 0 Å². The summed E-state index contributed by atoms with van der Waals surface area (Å²) in [5, 5.41) is 16.8. The van der Waals surface area contributed by atoms with Gasteiger partial charge in [-0.05, 0) is 12.2 Å². The van der Waals surface area contributed by atoms with Gasteiger partial charge in [0.2, 0.25) is 5.05 Å². The molecule has 0 aromatic rings. The lowest BCUT2D eigenvalue weighted by molar-refractivity contribution is -0.133. The Morgan fingerprint density at radius 2 is 2.08 bits per heavy atom. The summed E-state index contributed by atoms with van der Waals surface area (Å²) >= 11 is 11.8. The number of aliphatic hydroxyl groups is 2. The summed E-state index contributed by atoms with van der Waals surface area (Å²) < 4.78 is 3.49. The number of esters is 1. The smallest absolute Gasteiger partial charge is 0.334 e. The van der Waals surface area contributed by atoms with Gasteiger partial charge < -0.3 is 14.9 Å². The number of thiocarbonyl (C=S) groups is 1. The molecule has 0 radical (unpaired) electrons. The zero-order valence-electron chi connectivity index (χ0n) is 5.88. The van der Waals surface area contributed by atoms with Crippen LogP contribution in [0.5, 0.6) is 0 Å². The van der Waals surface area contributed by atoms with Gasteiger partial charge in [0.1, 0.15) is 10.7 Å². The van der Waals surface area contributed by atoms with Crippen molar-refractivity contribution in [1.82, 2.24) is 0 Å². The molecule has 0 fully saturated rings. The first-order valence-corrected chi connectivity index (χ1v) is 4.33. The zero-order valence-corrected chi connectivity index (χ0v) is 8.48. The number of hydrogen-bond acceptors (Lipinski definition) is 7. The number of ether oxygens (including phenoxy) is 1. The molecule has 0 aromatic carbocycles. The van der Waals surface area contributed by atoms with Gasteiger partial charge in [-0.1, -0.05) is 0 Å². The maximum absolute atomic E-state index is 10.7. The van der Waals surface area contributed by atoms with Crippen molar-refractivity contribution >= 4 is 48.5 Å². The van der Waals surface area contributed by atoms with E-state index in [1.54, 1.807) is 0 Å². The van der Waals surface area contributed by atoms with E-state index in [1.165, 1.54) is 0 Å². The van der Waals surface area contributed by atoms with Crippen LogP contribution >= 0.6 is 37.5 Å². The molecule has 0 aliphatic rings. The van der Waals surface area contributed by atoms with Crippen molar-refractivity contribution < 1.29 is 19.7 Å². The molecule has 0 saturated carbocycles. The summed E-state index contributed by atoms with van der Waals surface area (Å²) in [7, 11) is 0. The van der Waals surface area contributed by atoms with Gasteiger partial charge in [-0.2, -0.15) is 25.3 Å². The highest BCUT2D eigenvalue weighted by molar-refractivity contribution is 8.00. The van der Waals surface area contributed by atoms with E-state index in [1.807, 2.05) is 0 Å². The summed E-state index contributed by atoms with van der Waals surface area (Å²) in [5.41, 5.74) is 0. The molecule has 1 unspecified atom stereocenters. The summed E-state index contributed by atoms with van der Waals surface area (Å²) in [6.07, 6.45) is -1.33. The molecule has 1 atom stereocenters. The molecule has 7 heteroatoms. The Bertz CT molecular complexity index is 182.